The molecule has 1 unspecified atom stereocenters. The van der Waals surface area contributed by atoms with Gasteiger partial charge in [0.1, 0.15) is 24.7 Å². The van der Waals surface area contributed by atoms with Gasteiger partial charge in [-0.1, -0.05) is 12.1 Å². The number of carbonyl (C=O) groups is 8. The summed E-state index contributed by atoms with van der Waals surface area (Å²) in [5.74, 6) is -7.78. The molecule has 3 aromatic rings. The summed E-state index contributed by atoms with van der Waals surface area (Å²) in [6.07, 6.45) is 3.21. The highest BCUT2D eigenvalue weighted by atomic mass is 32.2. The van der Waals surface area contributed by atoms with Crippen LogP contribution in [0.2, 0.25) is 0 Å². The molecular weight excluding hydrogens is 943 g/mol. The van der Waals surface area contributed by atoms with Crippen molar-refractivity contribution < 1.29 is 77.8 Å². The number of rotatable bonds is 37. The SMILES string of the molecule is CN(CCCN(Cc1nccn1CC(=O)NC(CCC(=O)O)(CCC(=O)O)CCC(=O)O)Cc1nccn1CC(=O)NC(CCC(=O)O)(CCC(=O)O)CCC(=O)O)CCc1ccc(NS(=O)O)cc1. The molecule has 2 heterocycles. The Morgan fingerprint density at radius 3 is 1.30 bits per heavy atom. The minimum atomic E-state index is -2.20. The highest BCUT2D eigenvalue weighted by Gasteiger charge is 2.35. The second-order valence-corrected chi connectivity index (χ2v) is 17.8. The molecule has 0 saturated carbocycles. The molecule has 2 amide bonds. The summed E-state index contributed by atoms with van der Waals surface area (Å²) in [4.78, 5) is 110. The number of aliphatic carboxylic acids is 6. The van der Waals surface area contributed by atoms with Crippen LogP contribution in [0.3, 0.4) is 0 Å². The molecular formula is C44H63N9O16S. The Kier molecular flexibility index (Phi) is 23.6. The predicted octanol–water partition coefficient (Wildman–Crippen LogP) is 2.09. The van der Waals surface area contributed by atoms with Crippen molar-refractivity contribution in [2.24, 2.45) is 0 Å². The van der Waals surface area contributed by atoms with Crippen molar-refractivity contribution in [2.45, 2.75) is 127 Å². The highest BCUT2D eigenvalue weighted by Crippen LogP contribution is 2.28. The van der Waals surface area contributed by atoms with Crippen molar-refractivity contribution in [3.63, 3.8) is 0 Å². The summed E-state index contributed by atoms with van der Waals surface area (Å²) in [7, 11) is 1.94. The Hall–Kier alpha value is -6.77. The summed E-state index contributed by atoms with van der Waals surface area (Å²) >= 11 is -2.20. The molecule has 0 fully saturated rings. The number of carbonyl (C=O) groups excluding carboxylic acids is 2. The molecule has 2 aromatic heterocycles. The maximum Gasteiger partial charge on any atom is 0.303 e. The summed E-state index contributed by atoms with van der Waals surface area (Å²) in [6.45, 7) is 1.24. The Morgan fingerprint density at radius 2 is 0.957 bits per heavy atom. The predicted molar refractivity (Wildman–Crippen MR) is 248 cm³/mol. The van der Waals surface area contributed by atoms with Gasteiger partial charge in [0.15, 0.2) is 0 Å². The zero-order chi connectivity index (χ0) is 51.9. The molecule has 70 heavy (non-hydrogen) atoms. The normalized spacial score (nSPS) is 12.1. The number of carboxylic acid groups (broad SMARTS) is 6. The lowest BCUT2D eigenvalue weighted by atomic mass is 9.83. The molecule has 0 radical (unpaired) electrons. The largest absolute Gasteiger partial charge is 0.481 e. The Bertz CT molecular complexity index is 2060. The van der Waals surface area contributed by atoms with Gasteiger partial charge in [-0.05, 0) is 82.7 Å². The van der Waals surface area contributed by atoms with E-state index in [1.807, 2.05) is 24.1 Å². The first-order valence-electron chi connectivity index (χ1n) is 22.4. The summed E-state index contributed by atoms with van der Waals surface area (Å²) in [5, 5.41) is 62.1. The Balaban J connectivity index is 1.87. The van der Waals surface area contributed by atoms with Gasteiger partial charge < -0.3 is 55.3 Å². The fourth-order valence-corrected chi connectivity index (χ4v) is 8.24. The van der Waals surface area contributed by atoms with E-state index in [1.54, 1.807) is 12.1 Å². The van der Waals surface area contributed by atoms with Gasteiger partial charge in [-0.2, -0.15) is 0 Å². The number of hydrogen-bond acceptors (Lipinski definition) is 13. The number of aromatic nitrogens is 4. The van der Waals surface area contributed by atoms with Gasteiger partial charge in [0.25, 0.3) is 11.3 Å². The summed E-state index contributed by atoms with van der Waals surface area (Å²) < 4.78 is 25.7. The lowest BCUT2D eigenvalue weighted by Gasteiger charge is -2.34. The summed E-state index contributed by atoms with van der Waals surface area (Å²) in [5.41, 5.74) is -1.43. The van der Waals surface area contributed by atoms with Crippen molar-refractivity contribution in [2.75, 3.05) is 31.4 Å². The Labute approximate surface area is 405 Å². The van der Waals surface area contributed by atoms with Crippen LogP contribution in [0, 0.1) is 0 Å². The maximum atomic E-state index is 13.7. The van der Waals surface area contributed by atoms with Crippen molar-refractivity contribution >= 4 is 64.6 Å². The fourth-order valence-electron chi connectivity index (χ4n) is 7.90. The number of amides is 2. The molecule has 0 aliphatic heterocycles. The van der Waals surface area contributed by atoms with Crippen LogP contribution in [0.5, 0.6) is 0 Å². The number of benzene rings is 1. The number of carboxylic acids is 6. The van der Waals surface area contributed by atoms with Crippen molar-refractivity contribution in [3.05, 3.63) is 66.3 Å². The molecule has 1 atom stereocenters. The van der Waals surface area contributed by atoms with Crippen LogP contribution in [0.25, 0.3) is 0 Å². The molecule has 386 valence electrons. The van der Waals surface area contributed by atoms with Crippen LogP contribution < -0.4 is 15.4 Å². The van der Waals surface area contributed by atoms with E-state index in [9.17, 15) is 73.2 Å². The van der Waals surface area contributed by atoms with E-state index in [4.69, 9.17) is 4.55 Å². The second-order valence-electron chi connectivity index (χ2n) is 17.1. The van der Waals surface area contributed by atoms with Crippen LogP contribution >= 0.6 is 0 Å². The number of nitrogens with one attached hydrogen (secondary N) is 3. The molecule has 1 aromatic carbocycles. The maximum absolute atomic E-state index is 13.7. The minimum absolute atomic E-state index is 0.118. The van der Waals surface area contributed by atoms with E-state index >= 15 is 0 Å². The lowest BCUT2D eigenvalue weighted by Crippen LogP contribution is -2.50. The van der Waals surface area contributed by atoms with Crippen LogP contribution in [0.15, 0.2) is 49.1 Å². The topological polar surface area (TPSA) is 373 Å². The average Bonchev–Trinajstić information content (AvgIpc) is 3.91. The van der Waals surface area contributed by atoms with Crippen molar-refractivity contribution in [1.82, 2.24) is 39.5 Å². The van der Waals surface area contributed by atoms with Crippen LogP contribution in [0.4, 0.5) is 5.69 Å². The van der Waals surface area contributed by atoms with Gasteiger partial charge in [-0.25, -0.2) is 14.2 Å². The van der Waals surface area contributed by atoms with Crippen molar-refractivity contribution in [3.8, 4) is 0 Å². The third kappa shape index (κ3) is 22.1. The number of hydrogen-bond donors (Lipinski definition) is 10. The Morgan fingerprint density at radius 1 is 0.586 bits per heavy atom. The molecule has 0 saturated heterocycles. The van der Waals surface area contributed by atoms with Gasteiger partial charge in [-0.15, -0.1) is 0 Å². The van der Waals surface area contributed by atoms with E-state index in [-0.39, 0.29) is 64.7 Å². The number of imidazole rings is 2. The third-order valence-electron chi connectivity index (χ3n) is 11.6. The van der Waals surface area contributed by atoms with Gasteiger partial charge >= 0.3 is 35.8 Å². The first-order valence-corrected chi connectivity index (χ1v) is 23.5. The summed E-state index contributed by atoms with van der Waals surface area (Å²) in [6, 6.07) is 7.09. The van der Waals surface area contributed by atoms with E-state index in [1.165, 1.54) is 33.9 Å². The zero-order valence-corrected chi connectivity index (χ0v) is 39.7. The van der Waals surface area contributed by atoms with Crippen LogP contribution in [0.1, 0.15) is 101 Å². The first-order chi connectivity index (χ1) is 33.1. The third-order valence-corrected chi connectivity index (χ3v) is 12.0. The van der Waals surface area contributed by atoms with Crippen molar-refractivity contribution in [1.29, 1.82) is 0 Å². The number of nitrogens with zero attached hydrogens (tertiary/aromatic N) is 6. The highest BCUT2D eigenvalue weighted by molar-refractivity contribution is 7.80. The first kappa shape index (κ1) is 57.5. The lowest BCUT2D eigenvalue weighted by molar-refractivity contribution is -0.141. The molecule has 0 bridgehead atoms. The van der Waals surface area contributed by atoms with Crippen LogP contribution in [-0.4, -0.2) is 154 Å². The van der Waals surface area contributed by atoms with E-state index < -0.39 is 108 Å². The molecule has 3 rings (SSSR count). The van der Waals surface area contributed by atoms with E-state index in [0.29, 0.717) is 49.8 Å². The standard InChI is InChI=1S/C44H63N9O16S/c1-50(24-13-31-3-5-32(6-4-31)49-70(68)69)22-2-23-51(27-33-45-20-25-52(33)29-35(54)47-43(14-7-37(56)57,15-8-38(58)59)16-9-39(60)61)28-34-46-21-26-53(34)30-36(55)48-44(17-10-40(62)63,18-11-41(64)65)19-12-42(66)67/h3-6,20-21,25-26,49H,2,7-19,22-24,27-30H2,1H3,(H,47,54)(H,48,55)(H,56,57)(H,58,59)(H,60,61)(H,62,63)(H,64,65)(H,66,67)(H,68,69). The number of anilines is 1. The second kappa shape index (κ2) is 28.7. The number of likely N-dealkylation sites (N-methyl/N-ethyl adjacent to an activating group) is 1. The molecule has 25 nitrogen and oxygen atoms in total. The van der Waals surface area contributed by atoms with E-state index in [2.05, 4.69) is 30.2 Å². The smallest absolute Gasteiger partial charge is 0.303 e. The monoisotopic (exact) mass is 1010 g/mol. The molecule has 26 heteroatoms. The molecule has 0 aliphatic rings. The minimum Gasteiger partial charge on any atom is -0.481 e. The van der Waals surface area contributed by atoms with Gasteiger partial charge in [0, 0.05) is 93.2 Å². The van der Waals surface area contributed by atoms with Gasteiger partial charge in [-0.3, -0.25) is 52.5 Å². The van der Waals surface area contributed by atoms with E-state index in [0.717, 1.165) is 5.56 Å². The van der Waals surface area contributed by atoms with Gasteiger partial charge in [0.2, 0.25) is 11.8 Å². The molecule has 0 spiro atoms. The van der Waals surface area contributed by atoms with Crippen LogP contribution in [-0.2, 0) is 82.2 Å². The fraction of sp³-hybridized carbons (Fsp3) is 0.545. The average molecular weight is 1010 g/mol. The zero-order valence-electron chi connectivity index (χ0n) is 38.9. The van der Waals surface area contributed by atoms with Gasteiger partial charge in [0.05, 0.1) is 13.1 Å². The molecule has 10 N–H and O–H groups in total. The molecule has 0 aliphatic carbocycles. The quantitative estimate of drug-likeness (QED) is 0.0370.